The minimum atomic E-state index is -1.06. The maximum Gasteiger partial charge on any atom is 0.321 e. The van der Waals surface area contributed by atoms with Crippen molar-refractivity contribution in [3.8, 4) is 5.75 Å². The number of benzene rings is 1. The molecule has 0 aromatic heterocycles. The molecule has 1 rings (SSSR count). The van der Waals surface area contributed by atoms with Crippen molar-refractivity contribution >= 4 is 29.7 Å². The number of amides is 3. The molecule has 7 nitrogen and oxygen atoms in total. The van der Waals surface area contributed by atoms with E-state index in [2.05, 4.69) is 10.6 Å². The van der Waals surface area contributed by atoms with Gasteiger partial charge in [0, 0.05) is 10.4 Å². The zero-order chi connectivity index (χ0) is 19.7. The van der Waals surface area contributed by atoms with E-state index in [1.165, 1.54) is 18.7 Å². The fraction of sp³-hybridized carbons (Fsp3) is 0.500. The number of imide groups is 1. The molecule has 0 aliphatic carbocycles. The van der Waals surface area contributed by atoms with Crippen LogP contribution in [0.2, 0.25) is 0 Å². The van der Waals surface area contributed by atoms with Crippen molar-refractivity contribution in [3.63, 3.8) is 0 Å². The van der Waals surface area contributed by atoms with E-state index < -0.39 is 29.6 Å². The van der Waals surface area contributed by atoms with Gasteiger partial charge in [0.1, 0.15) is 5.75 Å². The summed E-state index contributed by atoms with van der Waals surface area (Å²) in [4.78, 5) is 36.3. The lowest BCUT2D eigenvalue weighted by Gasteiger charge is -2.21. The van der Waals surface area contributed by atoms with E-state index >= 15 is 0 Å². The summed E-state index contributed by atoms with van der Waals surface area (Å²) in [5.74, 6) is -0.396. The number of thioether (sulfide) groups is 1. The molecule has 1 aromatic carbocycles. The van der Waals surface area contributed by atoms with Crippen LogP contribution in [0.15, 0.2) is 29.2 Å². The first-order valence-corrected chi connectivity index (χ1v) is 9.27. The van der Waals surface area contributed by atoms with Gasteiger partial charge in [-0.2, -0.15) is 0 Å². The second kappa shape index (κ2) is 10.1. The number of esters is 1. The number of urea groups is 1. The van der Waals surface area contributed by atoms with Gasteiger partial charge in [0.25, 0.3) is 5.91 Å². The highest BCUT2D eigenvalue weighted by Gasteiger charge is 2.22. The molecule has 0 heterocycles. The predicted octanol–water partition coefficient (Wildman–Crippen LogP) is 2.73. The number of ether oxygens (including phenoxy) is 2. The highest BCUT2D eigenvalue weighted by Crippen LogP contribution is 2.21. The number of rotatable bonds is 7. The molecule has 0 aliphatic rings. The molecule has 1 aromatic rings. The number of carbonyl (C=O) groups is 3. The Bertz CT molecular complexity index is 625. The Morgan fingerprint density at radius 1 is 1.15 bits per heavy atom. The van der Waals surface area contributed by atoms with Gasteiger partial charge in [-0.1, -0.05) is 0 Å². The van der Waals surface area contributed by atoms with E-state index in [1.54, 1.807) is 20.8 Å². The topological polar surface area (TPSA) is 93.7 Å². The quantitative estimate of drug-likeness (QED) is 0.556. The molecule has 26 heavy (non-hydrogen) atoms. The fourth-order valence-corrected chi connectivity index (χ4v) is 2.49. The van der Waals surface area contributed by atoms with Crippen molar-refractivity contribution < 1.29 is 23.9 Å². The molecule has 0 unspecified atom stereocenters. The maximum absolute atomic E-state index is 11.9. The monoisotopic (exact) mass is 382 g/mol. The first kappa shape index (κ1) is 21.8. The molecule has 8 heteroatoms. The van der Waals surface area contributed by atoms with Crippen molar-refractivity contribution in [2.75, 3.05) is 12.4 Å². The van der Waals surface area contributed by atoms with Crippen molar-refractivity contribution in [1.82, 2.24) is 10.6 Å². The van der Waals surface area contributed by atoms with E-state index in [-0.39, 0.29) is 5.75 Å². The lowest BCUT2D eigenvalue weighted by molar-refractivity contribution is -0.151. The van der Waals surface area contributed by atoms with Gasteiger partial charge in [-0.05, 0) is 58.9 Å². The highest BCUT2D eigenvalue weighted by molar-refractivity contribution is 8.00. The summed E-state index contributed by atoms with van der Waals surface area (Å²) in [5.41, 5.74) is -0.474. The molecule has 2 N–H and O–H groups in total. The van der Waals surface area contributed by atoms with Crippen molar-refractivity contribution in [1.29, 1.82) is 0 Å². The van der Waals surface area contributed by atoms with Crippen molar-refractivity contribution in [2.45, 2.75) is 51.2 Å². The van der Waals surface area contributed by atoms with Gasteiger partial charge < -0.3 is 14.8 Å². The Labute approximate surface area is 158 Å². The summed E-state index contributed by atoms with van der Waals surface area (Å²) in [7, 11) is 0. The van der Waals surface area contributed by atoms with Crippen molar-refractivity contribution in [2.24, 2.45) is 0 Å². The number of hydrogen-bond donors (Lipinski definition) is 2. The Morgan fingerprint density at radius 2 is 1.77 bits per heavy atom. The van der Waals surface area contributed by atoms with Crippen LogP contribution >= 0.6 is 11.8 Å². The first-order valence-electron chi connectivity index (χ1n) is 8.29. The number of carbonyl (C=O) groups excluding carboxylic acids is 3. The Kier molecular flexibility index (Phi) is 8.44. The summed E-state index contributed by atoms with van der Waals surface area (Å²) >= 11 is 1.29. The Morgan fingerprint density at radius 3 is 2.31 bits per heavy atom. The van der Waals surface area contributed by atoms with Gasteiger partial charge in [-0.25, -0.2) is 4.79 Å². The average Bonchev–Trinajstić information content (AvgIpc) is 2.52. The average molecular weight is 382 g/mol. The molecule has 0 saturated heterocycles. The van der Waals surface area contributed by atoms with Gasteiger partial charge in [0.2, 0.25) is 0 Å². The molecule has 0 radical (unpaired) electrons. The SMILES string of the molecule is CCOc1ccc(SCC(=O)O[C@H](C)C(=O)NC(=O)NC(C)(C)C)cc1. The molecule has 0 fully saturated rings. The normalized spacial score (nSPS) is 12.0. The summed E-state index contributed by atoms with van der Waals surface area (Å²) in [6.07, 6.45) is -1.06. The van der Waals surface area contributed by atoms with Gasteiger partial charge >= 0.3 is 12.0 Å². The molecule has 144 valence electrons. The minimum absolute atomic E-state index is 0.0553. The zero-order valence-electron chi connectivity index (χ0n) is 15.8. The standard InChI is InChI=1S/C18H26N2O5S/c1-6-24-13-7-9-14(10-8-13)26-11-15(21)25-12(2)16(22)19-17(23)20-18(3,4)5/h7-10,12H,6,11H2,1-5H3,(H2,19,20,22,23)/t12-/m1/s1. The molecular formula is C18H26N2O5S. The largest absolute Gasteiger partial charge is 0.494 e. The van der Waals surface area contributed by atoms with Crippen LogP contribution in [0, 0.1) is 0 Å². The Hall–Kier alpha value is -2.22. The van der Waals surface area contributed by atoms with Crippen LogP contribution in [0.5, 0.6) is 5.75 Å². The highest BCUT2D eigenvalue weighted by atomic mass is 32.2. The van der Waals surface area contributed by atoms with Crippen LogP contribution in [-0.2, 0) is 14.3 Å². The first-order chi connectivity index (χ1) is 12.1. The zero-order valence-corrected chi connectivity index (χ0v) is 16.6. The van der Waals surface area contributed by atoms with E-state index in [4.69, 9.17) is 9.47 Å². The van der Waals surface area contributed by atoms with E-state index in [9.17, 15) is 14.4 Å². The molecular weight excluding hydrogens is 356 g/mol. The lowest BCUT2D eigenvalue weighted by Crippen LogP contribution is -2.50. The molecule has 0 spiro atoms. The van der Waals surface area contributed by atoms with Gasteiger partial charge in [0.05, 0.1) is 12.4 Å². The molecule has 3 amide bonds. The maximum atomic E-state index is 11.9. The predicted molar refractivity (Wildman–Crippen MR) is 100 cm³/mol. The van der Waals surface area contributed by atoms with Crippen LogP contribution in [0.25, 0.3) is 0 Å². The third-order valence-electron chi connectivity index (χ3n) is 2.89. The summed E-state index contributed by atoms with van der Waals surface area (Å²) in [6.45, 7) is 9.28. The molecule has 1 atom stereocenters. The summed E-state index contributed by atoms with van der Waals surface area (Å²) in [5, 5.41) is 4.74. The van der Waals surface area contributed by atoms with Gasteiger partial charge in [-0.15, -0.1) is 11.8 Å². The second-order valence-corrected chi connectivity index (χ2v) is 7.57. The smallest absolute Gasteiger partial charge is 0.321 e. The van der Waals surface area contributed by atoms with E-state index in [1.807, 2.05) is 31.2 Å². The molecule has 0 bridgehead atoms. The Balaban J connectivity index is 2.39. The fourth-order valence-electron chi connectivity index (χ4n) is 1.81. The van der Waals surface area contributed by atoms with Crippen LogP contribution in [0.4, 0.5) is 4.79 Å². The number of nitrogens with one attached hydrogen (secondary N) is 2. The van der Waals surface area contributed by atoms with Gasteiger partial charge in [-0.3, -0.25) is 14.9 Å². The number of hydrogen-bond acceptors (Lipinski definition) is 6. The van der Waals surface area contributed by atoms with Crippen LogP contribution in [-0.4, -0.2) is 41.9 Å². The molecule has 0 saturated carbocycles. The van der Waals surface area contributed by atoms with E-state index in [0.717, 1.165) is 10.6 Å². The summed E-state index contributed by atoms with van der Waals surface area (Å²) in [6, 6.07) is 6.70. The van der Waals surface area contributed by atoms with Crippen LogP contribution in [0.3, 0.4) is 0 Å². The third kappa shape index (κ3) is 8.75. The second-order valence-electron chi connectivity index (χ2n) is 6.52. The summed E-state index contributed by atoms with van der Waals surface area (Å²) < 4.78 is 10.4. The minimum Gasteiger partial charge on any atom is -0.494 e. The third-order valence-corrected chi connectivity index (χ3v) is 3.88. The molecule has 0 aliphatic heterocycles. The van der Waals surface area contributed by atoms with Crippen LogP contribution in [0.1, 0.15) is 34.6 Å². The van der Waals surface area contributed by atoms with E-state index in [0.29, 0.717) is 6.61 Å². The van der Waals surface area contributed by atoms with Gasteiger partial charge in [0.15, 0.2) is 6.10 Å². The lowest BCUT2D eigenvalue weighted by atomic mass is 10.1. The van der Waals surface area contributed by atoms with Crippen LogP contribution < -0.4 is 15.4 Å². The van der Waals surface area contributed by atoms with Crippen molar-refractivity contribution in [3.05, 3.63) is 24.3 Å².